The largest absolute Gasteiger partial charge is 0.492 e. The molecule has 1 saturated carbocycles. The third kappa shape index (κ3) is 17.7. The number of allylic oxidation sites excluding steroid dienone is 2. The summed E-state index contributed by atoms with van der Waals surface area (Å²) >= 11 is 3.56. The predicted molar refractivity (Wildman–Crippen MR) is 335 cm³/mol. The van der Waals surface area contributed by atoms with Gasteiger partial charge in [0.25, 0.3) is 0 Å². The molecule has 16 unspecified atom stereocenters. The maximum absolute atomic E-state index is 14.0. The summed E-state index contributed by atoms with van der Waals surface area (Å²) in [5.74, 6) is 10.7. The summed E-state index contributed by atoms with van der Waals surface area (Å²) < 4.78 is 61.0. The average Bonchev–Trinajstić information content (AvgIpc) is 3.11. The topological polar surface area (TPSA) is 342 Å². The molecule has 6 aliphatic rings. The van der Waals surface area contributed by atoms with Gasteiger partial charge in [0, 0.05) is 62.0 Å². The fourth-order valence-corrected chi connectivity index (χ4v) is 16.8. The third-order valence-corrected chi connectivity index (χ3v) is 22.3. The van der Waals surface area contributed by atoms with E-state index in [9.17, 15) is 49.5 Å². The molecule has 30 heteroatoms. The Balaban J connectivity index is 1.08. The first-order chi connectivity index (χ1) is 42.1. The van der Waals surface area contributed by atoms with Gasteiger partial charge in [-0.3, -0.25) is 19.2 Å². The standard InChI is InChI=1S/C58H77IN4O21S4/c1-9-63(31(4)65)37-25-80-44(20-32(37)23-64)83-53-42(26-79-40-14-12-10-11-13-16-58(73)22-39(67)47(61-57(72)77-8)46(40)34(58)15-17-86-88-87-28-43(60)68)78-24-36(49(53)70)62-84-45-21-38(66)56(30(3)81-45)85-27-33-19-35(59)52(55(76-7)51(33)74-5)82-41-18-29(2)48(69)54(75-6)50(41)71/h10-11,19,23,29-30,32,36-38,40-42,44-45,48-50,53-54,56,62,66,69-71,73H,9,15,17-18,20-22,24-28H2,1-8H3,(H2,60,68)/b11-10+,61-47?/t29?,30?,32?,36?,37?,38?,40-,41?,42?,44?,45?,48?,49?,50?,53?,54?,56?,58-/m0/s1. The molecule has 3 heterocycles. The van der Waals surface area contributed by atoms with Crippen LogP contribution in [-0.2, 0) is 62.9 Å². The zero-order valence-electron chi connectivity index (χ0n) is 49.9. The number of aldehydes is 1. The van der Waals surface area contributed by atoms with Gasteiger partial charge < -0.3 is 88.3 Å². The van der Waals surface area contributed by atoms with Crippen LogP contribution < -0.4 is 25.4 Å². The number of benzene rings is 1. The molecule has 2 bridgehead atoms. The van der Waals surface area contributed by atoms with Crippen LogP contribution in [0.25, 0.3) is 0 Å². The van der Waals surface area contributed by atoms with E-state index in [1.807, 2.05) is 13.0 Å². The SMILES string of the molecule is CCN(C(C)=O)C1COC(OC2C(CO[C@H]3C#C/C=C/C#C[C@]4(O)CC(=O)C(=NC(=O)OC)C3=C4CCSSSCC(N)=O)OCC(NOC3CC(O)C(SCc4cc(I)c(OC5CC(C)C(O)C(OC)C5O)c(OC)c4OC)C(C)O3)C2O)CC1C=O. The molecule has 7 rings (SSSR count). The third-order valence-electron chi connectivity index (χ3n) is 15.8. The van der Waals surface area contributed by atoms with Crippen molar-refractivity contribution >= 4 is 101 Å². The monoisotopic (exact) mass is 1420 g/mol. The normalized spacial score (nSPS) is 33.9. The molecule has 25 nitrogen and oxygen atoms in total. The molecule has 8 N–H and O–H groups in total. The number of likely N-dealkylation sites (N-methyl/N-ethyl adjacent to an activating group) is 1. The van der Waals surface area contributed by atoms with E-state index in [0.717, 1.165) is 19.0 Å². The lowest BCUT2D eigenvalue weighted by Gasteiger charge is -2.45. The lowest BCUT2D eigenvalue weighted by molar-refractivity contribution is -0.286. The van der Waals surface area contributed by atoms with E-state index in [0.29, 0.717) is 45.3 Å². The number of nitrogens with zero attached hydrogens (tertiary/aromatic N) is 2. The molecular formula is C58H77IN4O21S4. The number of aliphatic imine (C=N–C) groups is 1. The van der Waals surface area contributed by atoms with Crippen LogP contribution in [0.15, 0.2) is 34.4 Å². The van der Waals surface area contributed by atoms with Crippen LogP contribution in [0.5, 0.6) is 17.2 Å². The number of rotatable bonds is 26. The van der Waals surface area contributed by atoms with Crippen molar-refractivity contribution in [3.8, 4) is 40.9 Å². The second-order valence-electron chi connectivity index (χ2n) is 21.5. The van der Waals surface area contributed by atoms with Gasteiger partial charge in [-0.05, 0) is 88.8 Å². The second kappa shape index (κ2) is 33.7. The molecule has 3 saturated heterocycles. The minimum atomic E-state index is -2.06. The second-order valence-corrected chi connectivity index (χ2v) is 28.2. The van der Waals surface area contributed by atoms with Crippen molar-refractivity contribution in [2.45, 2.75) is 162 Å². The van der Waals surface area contributed by atoms with Crippen LogP contribution in [0.4, 0.5) is 4.79 Å². The lowest BCUT2D eigenvalue weighted by atomic mass is 9.74. The molecule has 3 amide bonds. The number of aliphatic hydroxyl groups excluding tert-OH is 4. The Morgan fingerprint density at radius 3 is 2.39 bits per heavy atom. The first-order valence-corrected chi connectivity index (χ1v) is 34.4. The highest BCUT2D eigenvalue weighted by atomic mass is 127. The number of nitrogens with one attached hydrogen (secondary N) is 1. The highest BCUT2D eigenvalue weighted by Crippen LogP contribution is 2.47. The summed E-state index contributed by atoms with van der Waals surface area (Å²) in [4.78, 5) is 75.0. The number of nitrogens with two attached hydrogens (primary N) is 1. The lowest BCUT2D eigenvalue weighted by Crippen LogP contribution is -2.62. The Morgan fingerprint density at radius 2 is 1.72 bits per heavy atom. The van der Waals surface area contributed by atoms with Crippen molar-refractivity contribution in [3.63, 3.8) is 0 Å². The van der Waals surface area contributed by atoms with Crippen molar-refractivity contribution < 1.29 is 102 Å². The molecule has 1 aromatic rings. The number of thioether (sulfide) groups is 1. The summed E-state index contributed by atoms with van der Waals surface area (Å²) in [6, 6.07) is 0.261. The number of Topliss-reactive ketones (excluding diaryl/α,β-unsaturated/α-hetero) is 1. The number of hydrogen-bond acceptors (Lipinski definition) is 26. The molecular weight excluding hydrogens is 1340 g/mol. The van der Waals surface area contributed by atoms with E-state index in [-0.39, 0.29) is 66.9 Å². The van der Waals surface area contributed by atoms with Crippen molar-refractivity contribution in [1.29, 1.82) is 0 Å². The summed E-state index contributed by atoms with van der Waals surface area (Å²) in [7, 11) is 9.37. The Labute approximate surface area is 540 Å². The molecule has 0 spiro atoms. The minimum absolute atomic E-state index is 0.00403. The fourth-order valence-electron chi connectivity index (χ4n) is 11.4. The Morgan fingerprint density at radius 1 is 0.966 bits per heavy atom. The van der Waals surface area contributed by atoms with Gasteiger partial charge in [0.15, 0.2) is 35.5 Å². The number of fused-ring (bicyclic) bond motifs is 1. The van der Waals surface area contributed by atoms with Crippen molar-refractivity contribution in [1.82, 2.24) is 10.4 Å². The van der Waals surface area contributed by atoms with Gasteiger partial charge >= 0.3 is 6.09 Å². The van der Waals surface area contributed by atoms with Gasteiger partial charge in [0.05, 0.1) is 92.5 Å². The fraction of sp³-hybridized carbons (Fsp3) is 0.655. The van der Waals surface area contributed by atoms with Gasteiger partial charge in [-0.15, -0.1) is 11.8 Å². The molecule has 3 aliphatic heterocycles. The first-order valence-electron chi connectivity index (χ1n) is 28.4. The maximum Gasteiger partial charge on any atom is 0.433 e. The Kier molecular flexibility index (Phi) is 27.5. The number of carbonyl (C=O) groups excluding carboxylic acids is 5. The molecule has 1 aromatic carbocycles. The summed E-state index contributed by atoms with van der Waals surface area (Å²) in [6.07, 6.45) is -10.2. The van der Waals surface area contributed by atoms with Crippen molar-refractivity contribution in [3.05, 3.63) is 38.5 Å². The van der Waals surface area contributed by atoms with Gasteiger partial charge in [-0.25, -0.2) is 4.79 Å². The van der Waals surface area contributed by atoms with Crippen LogP contribution in [0.1, 0.15) is 65.4 Å². The first kappa shape index (κ1) is 71.7. The molecule has 0 radical (unpaired) electrons. The van der Waals surface area contributed by atoms with Crippen molar-refractivity contribution in [2.24, 2.45) is 22.6 Å². The number of ketones is 1. The molecule has 486 valence electrons. The maximum atomic E-state index is 14.0. The van der Waals surface area contributed by atoms with E-state index in [1.54, 1.807) is 13.8 Å². The molecule has 0 aromatic heterocycles. The van der Waals surface area contributed by atoms with Crippen LogP contribution in [-0.4, -0.2) is 229 Å². The number of carbonyl (C=O) groups is 5. The van der Waals surface area contributed by atoms with E-state index in [4.69, 9.17) is 57.9 Å². The summed E-state index contributed by atoms with van der Waals surface area (Å²) in [5, 5.41) is 57.5. The molecule has 3 aliphatic carbocycles. The number of hydroxylamine groups is 1. The Bertz CT molecular complexity index is 2860. The van der Waals surface area contributed by atoms with E-state index in [2.05, 4.69) is 56.7 Å². The van der Waals surface area contributed by atoms with Crippen LogP contribution in [0.2, 0.25) is 0 Å². The number of primary amides is 1. The smallest absolute Gasteiger partial charge is 0.433 e. The quantitative estimate of drug-likeness (QED) is 0.0175. The highest BCUT2D eigenvalue weighted by Gasteiger charge is 2.49. The zero-order chi connectivity index (χ0) is 64.0. The van der Waals surface area contributed by atoms with Gasteiger partial charge in [-0.2, -0.15) is 10.5 Å². The molecule has 18 atom stereocenters. The number of ether oxygens (including phenoxy) is 10. The zero-order valence-corrected chi connectivity index (χ0v) is 55.3. The molecule has 88 heavy (non-hydrogen) atoms. The average molecular weight is 1420 g/mol. The highest BCUT2D eigenvalue weighted by molar-refractivity contribution is 14.1. The number of hydrogen-bond donors (Lipinski definition) is 7. The van der Waals surface area contributed by atoms with Gasteiger partial charge in [0.2, 0.25) is 17.6 Å². The van der Waals surface area contributed by atoms with Crippen LogP contribution in [0.3, 0.4) is 0 Å². The Hall–Kier alpha value is -3.75. The number of halogens is 1. The predicted octanol–water partition coefficient (Wildman–Crippen LogP) is 2.84. The van der Waals surface area contributed by atoms with E-state index < -0.39 is 133 Å². The summed E-state index contributed by atoms with van der Waals surface area (Å²) in [5.41, 5.74) is 6.65. The summed E-state index contributed by atoms with van der Waals surface area (Å²) in [6.45, 7) is 6.46. The van der Waals surface area contributed by atoms with E-state index >= 15 is 0 Å². The number of aliphatic hydroxyl groups is 5. The van der Waals surface area contributed by atoms with Crippen molar-refractivity contribution in [2.75, 3.05) is 66.3 Å². The molecule has 4 fully saturated rings. The van der Waals surface area contributed by atoms with Crippen LogP contribution in [0, 0.1) is 39.1 Å². The van der Waals surface area contributed by atoms with Gasteiger partial charge in [0.1, 0.15) is 54.7 Å². The number of amides is 3. The van der Waals surface area contributed by atoms with Crippen LogP contribution >= 0.6 is 65.8 Å². The van der Waals surface area contributed by atoms with Gasteiger partial charge in [-0.1, -0.05) is 52.2 Å². The number of methoxy groups -OCH3 is 4. The van der Waals surface area contributed by atoms with E-state index in [1.165, 1.54) is 88.5 Å². The minimum Gasteiger partial charge on any atom is -0.492 e.